The fourth-order valence-electron chi connectivity index (χ4n) is 2.36. The number of aliphatic hydroxyl groups excluding tert-OH is 1. The molecule has 0 saturated carbocycles. The summed E-state index contributed by atoms with van der Waals surface area (Å²) in [4.78, 5) is 10.3. The zero-order valence-corrected chi connectivity index (χ0v) is 13.7. The van der Waals surface area contributed by atoms with Crippen molar-refractivity contribution in [2.45, 2.75) is 96.5 Å². The topological polar surface area (TPSA) is 57.5 Å². The van der Waals surface area contributed by atoms with Crippen molar-refractivity contribution in [1.29, 1.82) is 0 Å². The number of allylic oxidation sites excluding steroid dienone is 1. The number of unbranched alkanes of at least 4 members (excludes halogenated alkanes) is 8. The quantitative estimate of drug-likeness (QED) is 0.327. The van der Waals surface area contributed by atoms with Crippen LogP contribution in [0.1, 0.15) is 90.4 Å². The molecular formula is C18H34O3. The Morgan fingerprint density at radius 1 is 0.952 bits per heavy atom. The summed E-state index contributed by atoms with van der Waals surface area (Å²) in [5.41, 5.74) is 0. The highest BCUT2D eigenvalue weighted by Crippen LogP contribution is 2.11. The summed E-state index contributed by atoms with van der Waals surface area (Å²) in [5, 5.41) is 18.3. The molecule has 0 aromatic carbocycles. The fourth-order valence-corrected chi connectivity index (χ4v) is 2.36. The van der Waals surface area contributed by atoms with Gasteiger partial charge in [-0.3, -0.25) is 4.79 Å². The van der Waals surface area contributed by atoms with Crippen LogP contribution in [0.25, 0.3) is 0 Å². The van der Waals surface area contributed by atoms with Gasteiger partial charge >= 0.3 is 5.97 Å². The van der Waals surface area contributed by atoms with Gasteiger partial charge in [-0.2, -0.15) is 0 Å². The molecular weight excluding hydrogens is 264 g/mol. The third-order valence-electron chi connectivity index (χ3n) is 3.73. The standard InChI is InChI=1S/C18H34O3/c1-2-3-4-5-6-8-11-14-17(19)15-12-9-7-10-13-16-18(20)21/h9,12,17,19H,2-8,10-11,13-16H2,1H3,(H,20,21)/b12-9+. The molecule has 0 heterocycles. The summed E-state index contributed by atoms with van der Waals surface area (Å²) >= 11 is 0. The molecule has 0 bridgehead atoms. The maximum Gasteiger partial charge on any atom is 0.303 e. The highest BCUT2D eigenvalue weighted by atomic mass is 16.4. The third kappa shape index (κ3) is 17.1. The Bertz CT molecular complexity index is 261. The van der Waals surface area contributed by atoms with E-state index in [2.05, 4.69) is 13.0 Å². The predicted molar refractivity (Wildman–Crippen MR) is 88.5 cm³/mol. The van der Waals surface area contributed by atoms with Crippen molar-refractivity contribution in [2.75, 3.05) is 0 Å². The minimum atomic E-state index is -0.718. The first-order valence-electron chi connectivity index (χ1n) is 8.71. The van der Waals surface area contributed by atoms with E-state index >= 15 is 0 Å². The third-order valence-corrected chi connectivity index (χ3v) is 3.73. The van der Waals surface area contributed by atoms with Crippen LogP contribution in [0.2, 0.25) is 0 Å². The van der Waals surface area contributed by atoms with Gasteiger partial charge < -0.3 is 10.2 Å². The molecule has 0 aliphatic rings. The lowest BCUT2D eigenvalue weighted by atomic mass is 10.0. The minimum absolute atomic E-state index is 0.212. The van der Waals surface area contributed by atoms with Crippen molar-refractivity contribution in [2.24, 2.45) is 0 Å². The van der Waals surface area contributed by atoms with Gasteiger partial charge in [0.05, 0.1) is 6.10 Å². The molecule has 3 heteroatoms. The van der Waals surface area contributed by atoms with Gasteiger partial charge in [0.2, 0.25) is 0 Å². The molecule has 0 spiro atoms. The smallest absolute Gasteiger partial charge is 0.303 e. The molecule has 1 atom stereocenters. The van der Waals surface area contributed by atoms with E-state index in [9.17, 15) is 9.90 Å². The van der Waals surface area contributed by atoms with Crippen molar-refractivity contribution >= 4 is 5.97 Å². The lowest BCUT2D eigenvalue weighted by Gasteiger charge is -2.07. The maximum absolute atomic E-state index is 10.3. The average Bonchev–Trinajstić information content (AvgIpc) is 2.45. The van der Waals surface area contributed by atoms with Gasteiger partial charge in [0.25, 0.3) is 0 Å². The van der Waals surface area contributed by atoms with Crippen LogP contribution in [0.4, 0.5) is 0 Å². The van der Waals surface area contributed by atoms with Crippen LogP contribution in [0, 0.1) is 0 Å². The van der Waals surface area contributed by atoms with E-state index < -0.39 is 5.97 Å². The Labute approximate surface area is 130 Å². The van der Waals surface area contributed by atoms with Crippen LogP contribution in [0.5, 0.6) is 0 Å². The zero-order valence-electron chi connectivity index (χ0n) is 13.7. The lowest BCUT2D eigenvalue weighted by Crippen LogP contribution is -2.04. The number of hydrogen-bond donors (Lipinski definition) is 2. The van der Waals surface area contributed by atoms with Crippen LogP contribution in [0.15, 0.2) is 12.2 Å². The van der Waals surface area contributed by atoms with Crippen LogP contribution in [-0.2, 0) is 4.79 Å². The van der Waals surface area contributed by atoms with E-state index in [1.807, 2.05) is 6.08 Å². The number of aliphatic hydroxyl groups is 1. The van der Waals surface area contributed by atoms with Gasteiger partial charge in [0.1, 0.15) is 0 Å². The first-order chi connectivity index (χ1) is 10.2. The Morgan fingerprint density at radius 2 is 1.62 bits per heavy atom. The zero-order chi connectivity index (χ0) is 15.8. The molecule has 1 unspecified atom stereocenters. The minimum Gasteiger partial charge on any atom is -0.481 e. The Morgan fingerprint density at radius 3 is 2.29 bits per heavy atom. The van der Waals surface area contributed by atoms with E-state index in [-0.39, 0.29) is 12.5 Å². The van der Waals surface area contributed by atoms with Crippen LogP contribution < -0.4 is 0 Å². The molecule has 124 valence electrons. The van der Waals surface area contributed by atoms with Gasteiger partial charge in [-0.05, 0) is 32.1 Å². The van der Waals surface area contributed by atoms with Crippen molar-refractivity contribution in [3.63, 3.8) is 0 Å². The number of hydrogen-bond acceptors (Lipinski definition) is 2. The maximum atomic E-state index is 10.3. The van der Waals surface area contributed by atoms with Gasteiger partial charge in [-0.1, -0.05) is 64.0 Å². The molecule has 0 aliphatic heterocycles. The number of rotatable bonds is 15. The van der Waals surface area contributed by atoms with Crippen LogP contribution >= 0.6 is 0 Å². The molecule has 2 N–H and O–H groups in total. The summed E-state index contributed by atoms with van der Waals surface area (Å²) in [6.07, 6.45) is 17.3. The summed E-state index contributed by atoms with van der Waals surface area (Å²) < 4.78 is 0. The van der Waals surface area contributed by atoms with Gasteiger partial charge in [-0.25, -0.2) is 0 Å². The van der Waals surface area contributed by atoms with Gasteiger partial charge in [-0.15, -0.1) is 0 Å². The van der Waals surface area contributed by atoms with E-state index in [1.54, 1.807) is 0 Å². The Balaban J connectivity index is 3.29. The van der Waals surface area contributed by atoms with Crippen molar-refractivity contribution < 1.29 is 15.0 Å². The number of carbonyl (C=O) groups is 1. The second-order valence-corrected chi connectivity index (χ2v) is 5.91. The summed E-state index contributed by atoms with van der Waals surface area (Å²) in [6, 6.07) is 0. The monoisotopic (exact) mass is 298 g/mol. The first-order valence-corrected chi connectivity index (χ1v) is 8.71. The van der Waals surface area contributed by atoms with E-state index in [1.165, 1.54) is 38.5 Å². The molecule has 21 heavy (non-hydrogen) atoms. The number of carboxylic acids is 1. The molecule has 0 radical (unpaired) electrons. The molecule has 0 fully saturated rings. The first kappa shape index (κ1) is 20.2. The molecule has 0 aromatic rings. The Kier molecular flexibility index (Phi) is 14.9. The van der Waals surface area contributed by atoms with Crippen molar-refractivity contribution in [3.8, 4) is 0 Å². The summed E-state index contributed by atoms with van der Waals surface area (Å²) in [7, 11) is 0. The van der Waals surface area contributed by atoms with Gasteiger partial charge in [0, 0.05) is 6.42 Å². The second-order valence-electron chi connectivity index (χ2n) is 5.91. The van der Waals surface area contributed by atoms with Gasteiger partial charge in [0.15, 0.2) is 0 Å². The van der Waals surface area contributed by atoms with E-state index in [4.69, 9.17) is 5.11 Å². The van der Waals surface area contributed by atoms with Crippen molar-refractivity contribution in [1.82, 2.24) is 0 Å². The van der Waals surface area contributed by atoms with Crippen LogP contribution in [-0.4, -0.2) is 22.3 Å². The molecule has 0 saturated heterocycles. The summed E-state index contributed by atoms with van der Waals surface area (Å²) in [5.74, 6) is -0.718. The predicted octanol–water partition coefficient (Wildman–Crippen LogP) is 5.08. The Hall–Kier alpha value is -0.830. The highest BCUT2D eigenvalue weighted by Gasteiger charge is 2.01. The highest BCUT2D eigenvalue weighted by molar-refractivity contribution is 5.66. The van der Waals surface area contributed by atoms with E-state index in [0.29, 0.717) is 0 Å². The largest absolute Gasteiger partial charge is 0.481 e. The molecule has 0 rings (SSSR count). The second kappa shape index (κ2) is 15.6. The SMILES string of the molecule is CCCCCCCCCC(O)C/C=C/CCCCC(=O)O. The van der Waals surface area contributed by atoms with Crippen LogP contribution in [0.3, 0.4) is 0 Å². The fraction of sp³-hybridized carbons (Fsp3) is 0.833. The number of aliphatic carboxylic acids is 1. The average molecular weight is 298 g/mol. The number of carboxylic acid groups (broad SMARTS) is 1. The summed E-state index contributed by atoms with van der Waals surface area (Å²) in [6.45, 7) is 2.23. The van der Waals surface area contributed by atoms with E-state index in [0.717, 1.165) is 38.5 Å². The normalized spacial score (nSPS) is 12.9. The molecule has 0 aliphatic carbocycles. The lowest BCUT2D eigenvalue weighted by molar-refractivity contribution is -0.137. The molecule has 3 nitrogen and oxygen atoms in total. The molecule has 0 aromatic heterocycles. The molecule has 0 amide bonds. The van der Waals surface area contributed by atoms with Crippen molar-refractivity contribution in [3.05, 3.63) is 12.2 Å².